The molecule has 3 heteroatoms. The van der Waals surface area contributed by atoms with Gasteiger partial charge >= 0.3 is 0 Å². The van der Waals surface area contributed by atoms with Crippen molar-refractivity contribution in [1.29, 1.82) is 0 Å². The van der Waals surface area contributed by atoms with Crippen LogP contribution >= 0.6 is 11.3 Å². The third-order valence-corrected chi connectivity index (χ3v) is 2.17. The summed E-state index contributed by atoms with van der Waals surface area (Å²) in [7, 11) is 1.77. The van der Waals surface area contributed by atoms with Gasteiger partial charge in [0.05, 0.1) is 5.00 Å². The summed E-state index contributed by atoms with van der Waals surface area (Å²) in [5, 5.41) is 2.82. The zero-order valence-electron chi connectivity index (χ0n) is 6.09. The Labute approximate surface area is 64.4 Å². The van der Waals surface area contributed by atoms with Crippen LogP contribution in [0.2, 0.25) is 0 Å². The highest BCUT2D eigenvalue weighted by Gasteiger charge is 2.01. The summed E-state index contributed by atoms with van der Waals surface area (Å²) >= 11 is 1.55. The average molecular weight is 154 g/mol. The minimum atomic E-state index is 0.850. The highest BCUT2D eigenvalue weighted by Crippen LogP contribution is 2.19. The predicted octanol–water partition coefficient (Wildman–Crippen LogP) is 1.77. The molecular weight excluding hydrogens is 144 g/mol. The number of nitrogen functional groups attached to an aromatic ring is 1. The molecule has 0 aliphatic rings. The van der Waals surface area contributed by atoms with E-state index in [2.05, 4.69) is 4.99 Å². The minimum Gasteiger partial charge on any atom is -0.390 e. The normalized spacial score (nSPS) is 12.0. The first-order valence-corrected chi connectivity index (χ1v) is 3.90. The number of hydrogen-bond donors (Lipinski definition) is 1. The molecule has 54 valence electrons. The van der Waals surface area contributed by atoms with E-state index in [0.717, 1.165) is 16.3 Å². The van der Waals surface area contributed by atoms with E-state index in [1.165, 1.54) is 0 Å². The molecule has 0 unspecified atom stereocenters. The van der Waals surface area contributed by atoms with E-state index >= 15 is 0 Å². The second-order valence-corrected chi connectivity index (χ2v) is 2.96. The zero-order valence-corrected chi connectivity index (χ0v) is 6.90. The molecule has 2 nitrogen and oxygen atoms in total. The van der Waals surface area contributed by atoms with Crippen molar-refractivity contribution in [3.05, 3.63) is 17.0 Å². The van der Waals surface area contributed by atoms with Gasteiger partial charge in [0.25, 0.3) is 0 Å². The van der Waals surface area contributed by atoms with Gasteiger partial charge in [-0.15, -0.1) is 11.3 Å². The summed E-state index contributed by atoms with van der Waals surface area (Å²) in [6.07, 6.45) is 0. The van der Waals surface area contributed by atoms with Crippen molar-refractivity contribution in [1.82, 2.24) is 0 Å². The Kier molecular flexibility index (Phi) is 2.06. The molecule has 0 saturated carbocycles. The van der Waals surface area contributed by atoms with Crippen LogP contribution in [0.3, 0.4) is 0 Å². The number of rotatable bonds is 1. The second kappa shape index (κ2) is 2.84. The smallest absolute Gasteiger partial charge is 0.0948 e. The van der Waals surface area contributed by atoms with Crippen molar-refractivity contribution in [2.45, 2.75) is 6.92 Å². The van der Waals surface area contributed by atoms with Gasteiger partial charge in [-0.3, -0.25) is 4.99 Å². The van der Waals surface area contributed by atoms with Gasteiger partial charge in [-0.1, -0.05) is 0 Å². The number of thiophene rings is 1. The molecule has 0 amide bonds. The van der Waals surface area contributed by atoms with E-state index in [0.29, 0.717) is 0 Å². The fraction of sp³-hybridized carbons (Fsp3) is 0.286. The summed E-state index contributed by atoms with van der Waals surface area (Å²) in [4.78, 5) is 4.04. The van der Waals surface area contributed by atoms with Crippen molar-refractivity contribution in [3.63, 3.8) is 0 Å². The SMILES string of the molecule is CN=C(C)c1ccsc1N. The quantitative estimate of drug-likeness (QED) is 0.615. The van der Waals surface area contributed by atoms with Crippen LogP contribution in [0.25, 0.3) is 0 Å². The Morgan fingerprint density at radius 1 is 1.70 bits per heavy atom. The third-order valence-electron chi connectivity index (χ3n) is 1.42. The Morgan fingerprint density at radius 3 is 2.80 bits per heavy atom. The number of aliphatic imine (C=N–C) groups is 1. The van der Waals surface area contributed by atoms with E-state index in [1.807, 2.05) is 18.4 Å². The molecule has 0 spiro atoms. The first-order chi connectivity index (χ1) is 4.75. The molecule has 1 heterocycles. The van der Waals surface area contributed by atoms with Crippen molar-refractivity contribution in [2.75, 3.05) is 12.8 Å². The first kappa shape index (κ1) is 7.28. The molecule has 0 bridgehead atoms. The first-order valence-electron chi connectivity index (χ1n) is 3.02. The lowest BCUT2D eigenvalue weighted by molar-refractivity contribution is 1.42. The van der Waals surface area contributed by atoms with Crippen molar-refractivity contribution >= 4 is 22.0 Å². The van der Waals surface area contributed by atoms with Crippen molar-refractivity contribution in [3.8, 4) is 0 Å². The number of hydrogen-bond acceptors (Lipinski definition) is 3. The second-order valence-electron chi connectivity index (χ2n) is 2.01. The number of anilines is 1. The summed E-state index contributed by atoms with van der Waals surface area (Å²) in [5.41, 5.74) is 7.72. The fourth-order valence-corrected chi connectivity index (χ4v) is 1.43. The fourth-order valence-electron chi connectivity index (χ4n) is 0.740. The van der Waals surface area contributed by atoms with Crippen LogP contribution < -0.4 is 5.73 Å². The topological polar surface area (TPSA) is 38.4 Å². The molecule has 1 aromatic heterocycles. The van der Waals surface area contributed by atoms with Crippen LogP contribution in [-0.2, 0) is 0 Å². The van der Waals surface area contributed by atoms with Gasteiger partial charge in [0, 0.05) is 18.3 Å². The summed E-state index contributed by atoms with van der Waals surface area (Å²) in [6.45, 7) is 1.96. The molecule has 2 N–H and O–H groups in total. The van der Waals surface area contributed by atoms with Gasteiger partial charge in [-0.2, -0.15) is 0 Å². The Hall–Kier alpha value is -0.830. The summed E-state index contributed by atoms with van der Waals surface area (Å²) in [5.74, 6) is 0. The van der Waals surface area contributed by atoms with E-state index < -0.39 is 0 Å². The van der Waals surface area contributed by atoms with Crippen molar-refractivity contribution in [2.24, 2.45) is 4.99 Å². The average Bonchev–Trinajstić information content (AvgIpc) is 2.34. The molecule has 0 aliphatic heterocycles. The lowest BCUT2D eigenvalue weighted by Crippen LogP contribution is -1.95. The van der Waals surface area contributed by atoms with Gasteiger partial charge in [0.1, 0.15) is 0 Å². The Balaban J connectivity index is 3.05. The van der Waals surface area contributed by atoms with Gasteiger partial charge in [-0.25, -0.2) is 0 Å². The highest BCUT2D eigenvalue weighted by molar-refractivity contribution is 7.14. The van der Waals surface area contributed by atoms with Crippen LogP contribution in [0, 0.1) is 0 Å². The third kappa shape index (κ3) is 1.19. The maximum absolute atomic E-state index is 5.65. The molecule has 1 aromatic rings. The van der Waals surface area contributed by atoms with Gasteiger partial charge < -0.3 is 5.73 Å². The van der Waals surface area contributed by atoms with Gasteiger partial charge in [-0.05, 0) is 18.4 Å². The van der Waals surface area contributed by atoms with E-state index in [1.54, 1.807) is 18.4 Å². The lowest BCUT2D eigenvalue weighted by Gasteiger charge is -1.94. The van der Waals surface area contributed by atoms with Crippen LogP contribution in [0.1, 0.15) is 12.5 Å². The van der Waals surface area contributed by atoms with E-state index in [-0.39, 0.29) is 0 Å². The molecule has 10 heavy (non-hydrogen) atoms. The molecule has 0 radical (unpaired) electrons. The maximum atomic E-state index is 5.65. The van der Waals surface area contributed by atoms with E-state index in [4.69, 9.17) is 5.73 Å². The van der Waals surface area contributed by atoms with Gasteiger partial charge in [0.15, 0.2) is 0 Å². The molecular formula is C7H10N2S. The summed E-state index contributed by atoms with van der Waals surface area (Å²) in [6, 6.07) is 1.99. The standard InChI is InChI=1S/C7H10N2S/c1-5(9-2)6-3-4-10-7(6)8/h3-4H,8H2,1-2H3. The lowest BCUT2D eigenvalue weighted by atomic mass is 10.2. The molecule has 0 aromatic carbocycles. The molecule has 0 saturated heterocycles. The maximum Gasteiger partial charge on any atom is 0.0948 e. The molecule has 0 fully saturated rings. The Morgan fingerprint density at radius 2 is 2.40 bits per heavy atom. The van der Waals surface area contributed by atoms with Crippen LogP contribution in [0.15, 0.2) is 16.4 Å². The van der Waals surface area contributed by atoms with Gasteiger partial charge in [0.2, 0.25) is 0 Å². The zero-order chi connectivity index (χ0) is 7.56. The highest BCUT2D eigenvalue weighted by atomic mass is 32.1. The van der Waals surface area contributed by atoms with Crippen LogP contribution in [0.4, 0.5) is 5.00 Å². The predicted molar refractivity (Wildman–Crippen MR) is 46.9 cm³/mol. The minimum absolute atomic E-state index is 0.850. The number of nitrogens with zero attached hydrogens (tertiary/aromatic N) is 1. The van der Waals surface area contributed by atoms with Crippen LogP contribution in [-0.4, -0.2) is 12.8 Å². The number of nitrogens with two attached hydrogens (primary N) is 1. The van der Waals surface area contributed by atoms with Crippen molar-refractivity contribution < 1.29 is 0 Å². The summed E-state index contributed by atoms with van der Waals surface area (Å²) < 4.78 is 0. The molecule has 0 aliphatic carbocycles. The Bertz CT molecular complexity index is 250. The molecule has 1 rings (SSSR count). The van der Waals surface area contributed by atoms with Crippen LogP contribution in [0.5, 0.6) is 0 Å². The van der Waals surface area contributed by atoms with E-state index in [9.17, 15) is 0 Å². The molecule has 0 atom stereocenters. The largest absolute Gasteiger partial charge is 0.390 e. The monoisotopic (exact) mass is 154 g/mol.